The molecule has 0 radical (unpaired) electrons. The Kier molecular flexibility index (Phi) is 5.83. The summed E-state index contributed by atoms with van der Waals surface area (Å²) >= 11 is 0. The highest BCUT2D eigenvalue weighted by atomic mass is 16.5. The van der Waals surface area contributed by atoms with Crippen molar-refractivity contribution in [2.24, 2.45) is 11.7 Å². The Morgan fingerprint density at radius 1 is 1.21 bits per heavy atom. The number of nitrogens with two attached hydrogens (primary N) is 1. The first kappa shape index (κ1) is 16.0. The minimum Gasteiger partial charge on any atom is -0.496 e. The van der Waals surface area contributed by atoms with E-state index < -0.39 is 0 Å². The molecule has 1 aromatic rings. The van der Waals surface area contributed by atoms with Crippen LogP contribution in [0.25, 0.3) is 0 Å². The molecule has 0 spiro atoms. The molecule has 1 unspecified atom stereocenters. The van der Waals surface area contributed by atoms with Crippen molar-refractivity contribution in [3.8, 4) is 5.75 Å². The Balaban J connectivity index is 2.91. The fourth-order valence-electron chi connectivity index (χ4n) is 2.59. The van der Waals surface area contributed by atoms with Crippen molar-refractivity contribution in [1.82, 2.24) is 4.90 Å². The van der Waals surface area contributed by atoms with Crippen LogP contribution in [0.15, 0.2) is 12.1 Å². The van der Waals surface area contributed by atoms with Crippen molar-refractivity contribution in [2.75, 3.05) is 20.7 Å². The molecule has 0 saturated carbocycles. The minimum absolute atomic E-state index is 0.418. The van der Waals surface area contributed by atoms with Crippen LogP contribution >= 0.6 is 0 Å². The van der Waals surface area contributed by atoms with Crippen LogP contribution in [0.4, 0.5) is 0 Å². The predicted molar refractivity (Wildman–Crippen MR) is 81.6 cm³/mol. The molecule has 1 rings (SSSR count). The third kappa shape index (κ3) is 3.71. The lowest BCUT2D eigenvalue weighted by Crippen LogP contribution is -2.41. The molecular formula is C16H28N2O. The Morgan fingerprint density at radius 2 is 1.84 bits per heavy atom. The van der Waals surface area contributed by atoms with Crippen LogP contribution in [0.2, 0.25) is 0 Å². The summed E-state index contributed by atoms with van der Waals surface area (Å²) in [6, 6.07) is 4.63. The molecule has 108 valence electrons. The zero-order chi connectivity index (χ0) is 14.6. The van der Waals surface area contributed by atoms with Gasteiger partial charge in [0, 0.05) is 19.1 Å². The van der Waals surface area contributed by atoms with E-state index in [1.165, 1.54) is 16.7 Å². The summed E-state index contributed by atoms with van der Waals surface area (Å²) in [4.78, 5) is 2.35. The van der Waals surface area contributed by atoms with Gasteiger partial charge in [0.25, 0.3) is 0 Å². The second-order valence-electron chi connectivity index (χ2n) is 5.64. The van der Waals surface area contributed by atoms with E-state index in [-0.39, 0.29) is 0 Å². The lowest BCUT2D eigenvalue weighted by atomic mass is 9.99. The van der Waals surface area contributed by atoms with E-state index in [1.807, 2.05) is 0 Å². The van der Waals surface area contributed by atoms with Crippen LogP contribution in [0.1, 0.15) is 30.5 Å². The average Bonchev–Trinajstić information content (AvgIpc) is 2.35. The van der Waals surface area contributed by atoms with Gasteiger partial charge in [-0.1, -0.05) is 19.9 Å². The Labute approximate surface area is 117 Å². The zero-order valence-corrected chi connectivity index (χ0v) is 13.2. The summed E-state index contributed by atoms with van der Waals surface area (Å²) in [6.45, 7) is 10.3. The molecule has 0 saturated heterocycles. The predicted octanol–water partition coefficient (Wildman–Crippen LogP) is 2.73. The topological polar surface area (TPSA) is 38.5 Å². The monoisotopic (exact) mass is 264 g/mol. The molecule has 3 heteroatoms. The van der Waals surface area contributed by atoms with Gasteiger partial charge in [-0.2, -0.15) is 0 Å². The van der Waals surface area contributed by atoms with Crippen molar-refractivity contribution in [1.29, 1.82) is 0 Å². The van der Waals surface area contributed by atoms with Crippen molar-refractivity contribution in [2.45, 2.75) is 40.3 Å². The fraction of sp³-hybridized carbons (Fsp3) is 0.625. The maximum absolute atomic E-state index is 5.88. The van der Waals surface area contributed by atoms with Crippen LogP contribution in [0.5, 0.6) is 5.75 Å². The molecule has 19 heavy (non-hydrogen) atoms. The SMILES string of the molecule is COc1ccc(CN(C)C(CN)C(C)C)c(C)c1C. The third-order valence-electron chi connectivity index (χ3n) is 4.07. The standard InChI is InChI=1S/C16H28N2O/c1-11(2)15(9-17)18(5)10-14-7-8-16(19-6)13(4)12(14)3/h7-8,11,15H,9-10,17H2,1-6H3. The molecular weight excluding hydrogens is 236 g/mol. The second-order valence-corrected chi connectivity index (χ2v) is 5.64. The molecule has 1 atom stereocenters. The van der Waals surface area contributed by atoms with Crippen LogP contribution in [0.3, 0.4) is 0 Å². The van der Waals surface area contributed by atoms with Gasteiger partial charge in [0.05, 0.1) is 7.11 Å². The van der Waals surface area contributed by atoms with Gasteiger partial charge < -0.3 is 10.5 Å². The average molecular weight is 264 g/mol. The van der Waals surface area contributed by atoms with E-state index in [0.29, 0.717) is 18.5 Å². The summed E-state index contributed by atoms with van der Waals surface area (Å²) in [7, 11) is 3.87. The number of likely N-dealkylation sites (N-methyl/N-ethyl adjacent to an activating group) is 1. The summed E-state index contributed by atoms with van der Waals surface area (Å²) in [6.07, 6.45) is 0. The molecule has 0 amide bonds. The second kappa shape index (κ2) is 6.92. The number of nitrogens with zero attached hydrogens (tertiary/aromatic N) is 1. The van der Waals surface area contributed by atoms with E-state index in [1.54, 1.807) is 7.11 Å². The van der Waals surface area contributed by atoms with Crippen molar-refractivity contribution < 1.29 is 4.74 Å². The number of hydrogen-bond acceptors (Lipinski definition) is 3. The van der Waals surface area contributed by atoms with E-state index in [4.69, 9.17) is 10.5 Å². The number of rotatable bonds is 6. The molecule has 0 aliphatic rings. The van der Waals surface area contributed by atoms with Gasteiger partial charge in [0.15, 0.2) is 0 Å². The Hall–Kier alpha value is -1.06. The van der Waals surface area contributed by atoms with E-state index in [2.05, 4.69) is 51.8 Å². The van der Waals surface area contributed by atoms with Crippen LogP contribution in [-0.2, 0) is 6.54 Å². The minimum atomic E-state index is 0.418. The van der Waals surface area contributed by atoms with E-state index in [0.717, 1.165) is 12.3 Å². The van der Waals surface area contributed by atoms with Gasteiger partial charge >= 0.3 is 0 Å². The Morgan fingerprint density at radius 3 is 2.32 bits per heavy atom. The highest BCUT2D eigenvalue weighted by Gasteiger charge is 2.18. The number of hydrogen-bond donors (Lipinski definition) is 1. The fourth-order valence-corrected chi connectivity index (χ4v) is 2.59. The lowest BCUT2D eigenvalue weighted by Gasteiger charge is -2.30. The first-order valence-electron chi connectivity index (χ1n) is 6.95. The molecule has 0 aliphatic carbocycles. The van der Waals surface area contributed by atoms with Gasteiger partial charge in [0.2, 0.25) is 0 Å². The van der Waals surface area contributed by atoms with Crippen molar-refractivity contribution >= 4 is 0 Å². The van der Waals surface area contributed by atoms with E-state index >= 15 is 0 Å². The van der Waals surface area contributed by atoms with Crippen molar-refractivity contribution in [3.63, 3.8) is 0 Å². The summed E-state index contributed by atoms with van der Waals surface area (Å²) in [5.41, 5.74) is 9.76. The van der Waals surface area contributed by atoms with Gasteiger partial charge in [-0.25, -0.2) is 0 Å². The first-order valence-corrected chi connectivity index (χ1v) is 6.95. The largest absolute Gasteiger partial charge is 0.496 e. The van der Waals surface area contributed by atoms with Crippen LogP contribution < -0.4 is 10.5 Å². The summed E-state index contributed by atoms with van der Waals surface area (Å²) in [5, 5.41) is 0. The molecule has 0 heterocycles. The maximum atomic E-state index is 5.88. The highest BCUT2D eigenvalue weighted by Crippen LogP contribution is 2.25. The number of methoxy groups -OCH3 is 1. The first-order chi connectivity index (χ1) is 8.92. The Bertz CT molecular complexity index is 415. The molecule has 3 nitrogen and oxygen atoms in total. The third-order valence-corrected chi connectivity index (χ3v) is 4.07. The van der Waals surface area contributed by atoms with Crippen LogP contribution in [-0.4, -0.2) is 31.6 Å². The van der Waals surface area contributed by atoms with Gasteiger partial charge in [-0.3, -0.25) is 4.90 Å². The molecule has 0 aliphatic heterocycles. The van der Waals surface area contributed by atoms with Gasteiger partial charge in [0.1, 0.15) is 5.75 Å². The zero-order valence-electron chi connectivity index (χ0n) is 13.2. The summed E-state index contributed by atoms with van der Waals surface area (Å²) < 4.78 is 5.36. The summed E-state index contributed by atoms with van der Waals surface area (Å²) in [5.74, 6) is 1.53. The van der Waals surface area contributed by atoms with Gasteiger partial charge in [-0.15, -0.1) is 0 Å². The number of benzene rings is 1. The van der Waals surface area contributed by atoms with Gasteiger partial charge in [-0.05, 0) is 49.6 Å². The van der Waals surface area contributed by atoms with Crippen molar-refractivity contribution in [3.05, 3.63) is 28.8 Å². The normalized spacial score (nSPS) is 13.1. The molecule has 1 aromatic carbocycles. The molecule has 2 N–H and O–H groups in total. The quantitative estimate of drug-likeness (QED) is 0.858. The smallest absolute Gasteiger partial charge is 0.122 e. The molecule has 0 fully saturated rings. The molecule has 0 bridgehead atoms. The highest BCUT2D eigenvalue weighted by molar-refractivity contribution is 5.43. The maximum Gasteiger partial charge on any atom is 0.122 e. The van der Waals surface area contributed by atoms with Crippen LogP contribution in [0, 0.1) is 19.8 Å². The lowest BCUT2D eigenvalue weighted by molar-refractivity contribution is 0.189. The van der Waals surface area contributed by atoms with E-state index in [9.17, 15) is 0 Å². The number of ether oxygens (including phenoxy) is 1. The molecule has 0 aromatic heterocycles.